The summed E-state index contributed by atoms with van der Waals surface area (Å²) in [5.74, 6) is 0.977. The van der Waals surface area contributed by atoms with Crippen LogP contribution in [0.3, 0.4) is 0 Å². The largest absolute Gasteiger partial charge is 0.490 e. The fraction of sp³-hybridized carbons (Fsp3) is 0.333. The lowest BCUT2D eigenvalue weighted by Gasteiger charge is -2.15. The lowest BCUT2D eigenvalue weighted by molar-refractivity contribution is -0.119. The molecule has 0 bridgehead atoms. The molecule has 1 N–H and O–H groups in total. The molecule has 0 radical (unpaired) electrons. The van der Waals surface area contributed by atoms with Crippen molar-refractivity contribution < 1.29 is 14.3 Å². The lowest BCUT2D eigenvalue weighted by Crippen LogP contribution is -2.24. The topological polar surface area (TPSA) is 65.4 Å². The van der Waals surface area contributed by atoms with E-state index in [9.17, 15) is 4.79 Å². The van der Waals surface area contributed by atoms with E-state index >= 15 is 0 Å². The minimum atomic E-state index is -0.443. The number of ether oxygens (including phenoxy) is 2. The number of fused-ring (bicyclic) bond motifs is 1. The molecule has 22 heavy (non-hydrogen) atoms. The quantitative estimate of drug-likeness (QED) is 0.944. The summed E-state index contributed by atoms with van der Waals surface area (Å²) in [5, 5.41) is 7.27. The van der Waals surface area contributed by atoms with Crippen LogP contribution in [0, 0.1) is 0 Å². The highest BCUT2D eigenvalue weighted by atomic mass is 35.5. The normalized spacial score (nSPS) is 15.0. The van der Waals surface area contributed by atoms with Crippen molar-refractivity contribution in [2.45, 2.75) is 19.4 Å². The molecule has 1 aromatic carbocycles. The molecular formula is C15H16ClN3O3. The number of hydrogen-bond donors (Lipinski definition) is 1. The number of carbonyl (C=O) groups is 1. The number of halogens is 1. The fourth-order valence-corrected chi connectivity index (χ4v) is 2.35. The molecular weight excluding hydrogens is 306 g/mol. The van der Waals surface area contributed by atoms with Gasteiger partial charge in [-0.2, -0.15) is 5.10 Å². The molecule has 1 aliphatic heterocycles. The Morgan fingerprint density at radius 2 is 2.09 bits per heavy atom. The molecule has 0 spiro atoms. The summed E-state index contributed by atoms with van der Waals surface area (Å²) in [5.41, 5.74) is 0.495. The Bertz CT molecular complexity index is 673. The summed E-state index contributed by atoms with van der Waals surface area (Å²) in [6.45, 7) is 2.93. The number of carbonyl (C=O) groups excluding carboxylic acids is 1. The standard InChI is InChI=1S/C15H16ClN3O3/c1-10(19-5-2-4-17-19)15(20)18-12-9-14-13(8-11(12)16)21-6-3-7-22-14/h2,4-5,8-10H,3,6-7H2,1H3,(H,18,20). The summed E-state index contributed by atoms with van der Waals surface area (Å²) in [6, 6.07) is 4.68. The molecule has 7 heteroatoms. The van der Waals surface area contributed by atoms with Crippen molar-refractivity contribution in [1.82, 2.24) is 9.78 Å². The van der Waals surface area contributed by atoms with Crippen LogP contribution in [0.25, 0.3) is 0 Å². The Labute approximate surface area is 133 Å². The summed E-state index contributed by atoms with van der Waals surface area (Å²) < 4.78 is 12.7. The van der Waals surface area contributed by atoms with E-state index in [2.05, 4.69) is 10.4 Å². The van der Waals surface area contributed by atoms with E-state index in [1.54, 1.807) is 42.2 Å². The third-order valence-electron chi connectivity index (χ3n) is 3.40. The molecule has 1 atom stereocenters. The number of benzene rings is 1. The van der Waals surface area contributed by atoms with Crippen molar-refractivity contribution in [3.05, 3.63) is 35.6 Å². The summed E-state index contributed by atoms with van der Waals surface area (Å²) in [7, 11) is 0. The fourth-order valence-electron chi connectivity index (χ4n) is 2.15. The van der Waals surface area contributed by atoms with E-state index in [4.69, 9.17) is 21.1 Å². The van der Waals surface area contributed by atoms with Crippen LogP contribution in [0.2, 0.25) is 5.02 Å². The van der Waals surface area contributed by atoms with Crippen molar-refractivity contribution in [3.63, 3.8) is 0 Å². The van der Waals surface area contributed by atoms with Crippen LogP contribution >= 0.6 is 11.6 Å². The zero-order valence-electron chi connectivity index (χ0n) is 12.1. The highest BCUT2D eigenvalue weighted by molar-refractivity contribution is 6.34. The van der Waals surface area contributed by atoms with Crippen LogP contribution in [-0.4, -0.2) is 28.9 Å². The van der Waals surface area contributed by atoms with Gasteiger partial charge in [0.05, 0.1) is 23.9 Å². The van der Waals surface area contributed by atoms with Crippen LogP contribution in [0.15, 0.2) is 30.6 Å². The van der Waals surface area contributed by atoms with Gasteiger partial charge < -0.3 is 14.8 Å². The zero-order chi connectivity index (χ0) is 15.5. The first-order chi connectivity index (χ1) is 10.6. The molecule has 0 fully saturated rings. The summed E-state index contributed by atoms with van der Waals surface area (Å²) >= 11 is 6.22. The predicted octanol–water partition coefficient (Wildman–Crippen LogP) is 2.90. The molecule has 1 aromatic heterocycles. The molecule has 0 aliphatic carbocycles. The first-order valence-electron chi connectivity index (χ1n) is 7.04. The average molecular weight is 322 g/mol. The van der Waals surface area contributed by atoms with Crippen LogP contribution in [0.4, 0.5) is 5.69 Å². The number of anilines is 1. The van der Waals surface area contributed by atoms with Crippen molar-refractivity contribution in [2.24, 2.45) is 0 Å². The number of nitrogens with one attached hydrogen (secondary N) is 1. The minimum Gasteiger partial charge on any atom is -0.490 e. The first-order valence-corrected chi connectivity index (χ1v) is 7.42. The number of aromatic nitrogens is 2. The summed E-state index contributed by atoms with van der Waals surface area (Å²) in [6.07, 6.45) is 4.18. The van der Waals surface area contributed by atoms with E-state index < -0.39 is 6.04 Å². The Morgan fingerprint density at radius 1 is 1.36 bits per heavy atom. The van der Waals surface area contributed by atoms with Gasteiger partial charge in [0.2, 0.25) is 5.91 Å². The van der Waals surface area contributed by atoms with E-state index in [0.717, 1.165) is 6.42 Å². The van der Waals surface area contributed by atoms with Gasteiger partial charge in [0.15, 0.2) is 11.5 Å². The van der Waals surface area contributed by atoms with E-state index in [1.807, 2.05) is 0 Å². The van der Waals surface area contributed by atoms with Gasteiger partial charge in [-0.1, -0.05) is 11.6 Å². The molecule has 1 unspecified atom stereocenters. The Hall–Kier alpha value is -2.21. The smallest absolute Gasteiger partial charge is 0.248 e. The third-order valence-corrected chi connectivity index (χ3v) is 3.71. The maximum atomic E-state index is 12.3. The van der Waals surface area contributed by atoms with Gasteiger partial charge in [0.25, 0.3) is 0 Å². The Kier molecular flexibility index (Phi) is 4.20. The van der Waals surface area contributed by atoms with Crippen LogP contribution < -0.4 is 14.8 Å². The molecule has 1 aliphatic rings. The Morgan fingerprint density at radius 3 is 2.77 bits per heavy atom. The van der Waals surface area contributed by atoms with Gasteiger partial charge in [-0.25, -0.2) is 0 Å². The number of hydrogen-bond acceptors (Lipinski definition) is 4. The van der Waals surface area contributed by atoms with Gasteiger partial charge in [0, 0.05) is 30.9 Å². The minimum absolute atomic E-state index is 0.208. The predicted molar refractivity (Wildman–Crippen MR) is 82.6 cm³/mol. The first kappa shape index (κ1) is 14.7. The molecule has 0 saturated heterocycles. The van der Waals surface area contributed by atoms with E-state index in [0.29, 0.717) is 35.4 Å². The number of rotatable bonds is 3. The molecule has 3 rings (SSSR count). The van der Waals surface area contributed by atoms with Gasteiger partial charge in [0.1, 0.15) is 6.04 Å². The summed E-state index contributed by atoms with van der Waals surface area (Å²) in [4.78, 5) is 12.3. The van der Waals surface area contributed by atoms with E-state index in [-0.39, 0.29) is 5.91 Å². The van der Waals surface area contributed by atoms with Crippen LogP contribution in [0.1, 0.15) is 19.4 Å². The molecule has 0 saturated carbocycles. The van der Waals surface area contributed by atoms with Crippen molar-refractivity contribution in [3.8, 4) is 11.5 Å². The molecule has 116 valence electrons. The monoisotopic (exact) mass is 321 g/mol. The molecule has 2 aromatic rings. The van der Waals surface area contributed by atoms with E-state index in [1.165, 1.54) is 0 Å². The molecule has 1 amide bonds. The van der Waals surface area contributed by atoms with Gasteiger partial charge >= 0.3 is 0 Å². The molecule has 6 nitrogen and oxygen atoms in total. The van der Waals surface area contributed by atoms with Crippen LogP contribution in [0.5, 0.6) is 11.5 Å². The van der Waals surface area contributed by atoms with Crippen LogP contribution in [-0.2, 0) is 4.79 Å². The van der Waals surface area contributed by atoms with Crippen molar-refractivity contribution in [2.75, 3.05) is 18.5 Å². The highest BCUT2D eigenvalue weighted by Gasteiger charge is 2.19. The van der Waals surface area contributed by atoms with Gasteiger partial charge in [-0.3, -0.25) is 9.48 Å². The Balaban J connectivity index is 1.80. The second-order valence-corrected chi connectivity index (χ2v) is 5.39. The third kappa shape index (κ3) is 3.01. The maximum absolute atomic E-state index is 12.3. The second-order valence-electron chi connectivity index (χ2n) is 4.98. The highest BCUT2D eigenvalue weighted by Crippen LogP contribution is 2.37. The SMILES string of the molecule is CC(C(=O)Nc1cc2c(cc1Cl)OCCCO2)n1cccn1. The number of nitrogens with zero attached hydrogens (tertiary/aromatic N) is 2. The van der Waals surface area contributed by atoms with Crippen molar-refractivity contribution >= 4 is 23.2 Å². The molecule has 2 heterocycles. The maximum Gasteiger partial charge on any atom is 0.248 e. The van der Waals surface area contributed by atoms with Crippen molar-refractivity contribution in [1.29, 1.82) is 0 Å². The zero-order valence-corrected chi connectivity index (χ0v) is 12.8. The average Bonchev–Trinajstić information content (AvgIpc) is 2.95. The lowest BCUT2D eigenvalue weighted by atomic mass is 10.2. The van der Waals surface area contributed by atoms with Gasteiger partial charge in [-0.05, 0) is 13.0 Å². The van der Waals surface area contributed by atoms with Gasteiger partial charge in [-0.15, -0.1) is 0 Å². The number of amides is 1. The second kappa shape index (κ2) is 6.27.